The molecule has 0 bridgehead atoms. The zero-order chi connectivity index (χ0) is 9.97. The van der Waals surface area contributed by atoms with Gasteiger partial charge in [0.2, 0.25) is 0 Å². The van der Waals surface area contributed by atoms with Crippen molar-refractivity contribution in [3.8, 4) is 0 Å². The fourth-order valence-corrected chi connectivity index (χ4v) is 1.73. The van der Waals surface area contributed by atoms with Crippen LogP contribution in [-0.2, 0) is 0 Å². The molecule has 0 aliphatic carbocycles. The summed E-state index contributed by atoms with van der Waals surface area (Å²) < 4.78 is 8.04. The Hall–Kier alpha value is -1.33. The molecule has 14 heavy (non-hydrogen) atoms. The maximum Gasteiger partial charge on any atom is 0.0956 e. The zero-order valence-corrected chi connectivity index (χ0v) is 8.53. The molecule has 5 heteroatoms. The average Bonchev–Trinajstić information content (AvgIpc) is 2.70. The van der Waals surface area contributed by atoms with Crippen molar-refractivity contribution in [2.24, 2.45) is 5.73 Å². The number of aromatic nitrogens is 3. The minimum Gasteiger partial charge on any atom is -0.319 e. The van der Waals surface area contributed by atoms with E-state index in [9.17, 15) is 0 Å². The van der Waals surface area contributed by atoms with E-state index in [0.29, 0.717) is 0 Å². The normalized spacial score (nSPS) is 12.7. The molecule has 72 valence electrons. The number of hydrogen-bond donors (Lipinski definition) is 1. The summed E-state index contributed by atoms with van der Waals surface area (Å²) >= 11 is 1.17. The Labute approximate surface area is 86.1 Å². The third-order valence-corrected chi connectivity index (χ3v) is 2.60. The molecule has 0 saturated carbocycles. The summed E-state index contributed by atoms with van der Waals surface area (Å²) in [6.45, 7) is 2.01. The molecule has 0 fully saturated rings. The molecule has 2 heterocycles. The van der Waals surface area contributed by atoms with Gasteiger partial charge >= 0.3 is 0 Å². The first kappa shape index (κ1) is 9.23. The van der Waals surface area contributed by atoms with Gasteiger partial charge in [0.1, 0.15) is 0 Å². The van der Waals surface area contributed by atoms with Crippen molar-refractivity contribution < 1.29 is 0 Å². The molecular formula is C9H10N4S. The van der Waals surface area contributed by atoms with Crippen LogP contribution in [0.4, 0.5) is 0 Å². The second kappa shape index (κ2) is 3.81. The molecule has 0 aromatic carbocycles. The molecule has 2 aromatic rings. The Morgan fingerprint density at radius 2 is 2.29 bits per heavy atom. The van der Waals surface area contributed by atoms with Crippen molar-refractivity contribution in [3.05, 3.63) is 41.5 Å². The second-order valence-electron chi connectivity index (χ2n) is 3.04. The number of rotatable bonds is 2. The summed E-state index contributed by atoms with van der Waals surface area (Å²) in [5.41, 5.74) is 8.95. The van der Waals surface area contributed by atoms with Crippen LogP contribution in [0.2, 0.25) is 0 Å². The van der Waals surface area contributed by atoms with E-state index in [1.54, 1.807) is 18.6 Å². The summed E-state index contributed by atoms with van der Waals surface area (Å²) in [7, 11) is 0. The van der Waals surface area contributed by atoms with Crippen LogP contribution < -0.4 is 5.73 Å². The van der Waals surface area contributed by atoms with E-state index in [2.05, 4.69) is 13.7 Å². The fourth-order valence-electron chi connectivity index (χ4n) is 1.27. The van der Waals surface area contributed by atoms with Crippen LogP contribution in [0.25, 0.3) is 0 Å². The fraction of sp³-hybridized carbons (Fsp3) is 0.222. The Bertz CT molecular complexity index is 413. The molecule has 0 saturated heterocycles. The van der Waals surface area contributed by atoms with Crippen LogP contribution >= 0.6 is 11.7 Å². The third-order valence-electron chi connectivity index (χ3n) is 2.11. The van der Waals surface area contributed by atoms with E-state index in [-0.39, 0.29) is 6.04 Å². The highest BCUT2D eigenvalue weighted by Crippen LogP contribution is 2.19. The summed E-state index contributed by atoms with van der Waals surface area (Å²) in [4.78, 5) is 4.05. The van der Waals surface area contributed by atoms with Crippen LogP contribution in [0.15, 0.2) is 24.7 Å². The van der Waals surface area contributed by atoms with Crippen molar-refractivity contribution in [2.75, 3.05) is 0 Å². The molecule has 0 amide bonds. The molecular weight excluding hydrogens is 196 g/mol. The van der Waals surface area contributed by atoms with E-state index in [4.69, 9.17) is 5.73 Å². The monoisotopic (exact) mass is 206 g/mol. The zero-order valence-electron chi connectivity index (χ0n) is 7.71. The summed E-state index contributed by atoms with van der Waals surface area (Å²) in [5, 5.41) is 0. The highest BCUT2D eigenvalue weighted by Gasteiger charge is 2.13. The van der Waals surface area contributed by atoms with Gasteiger partial charge in [-0.15, -0.1) is 0 Å². The van der Waals surface area contributed by atoms with Crippen molar-refractivity contribution in [2.45, 2.75) is 13.0 Å². The summed E-state index contributed by atoms with van der Waals surface area (Å²) in [6, 6.07) is 1.72. The highest BCUT2D eigenvalue weighted by molar-refractivity contribution is 6.99. The first-order valence-electron chi connectivity index (χ1n) is 4.22. The van der Waals surface area contributed by atoms with Crippen LogP contribution in [0.5, 0.6) is 0 Å². The molecule has 2 aromatic heterocycles. The second-order valence-corrected chi connectivity index (χ2v) is 3.60. The van der Waals surface area contributed by atoms with Gasteiger partial charge in [0, 0.05) is 12.4 Å². The molecule has 0 spiro atoms. The molecule has 1 atom stereocenters. The van der Waals surface area contributed by atoms with E-state index in [0.717, 1.165) is 16.8 Å². The number of aryl methyl sites for hydroxylation is 1. The number of nitrogens with zero attached hydrogens (tertiary/aromatic N) is 3. The molecule has 1 unspecified atom stereocenters. The lowest BCUT2D eigenvalue weighted by atomic mass is 10.0. The maximum absolute atomic E-state index is 6.03. The van der Waals surface area contributed by atoms with Gasteiger partial charge in [-0.05, 0) is 24.1 Å². The highest BCUT2D eigenvalue weighted by atomic mass is 32.1. The van der Waals surface area contributed by atoms with E-state index >= 15 is 0 Å². The number of nitrogens with two attached hydrogens (primary N) is 1. The van der Waals surface area contributed by atoms with Crippen LogP contribution in [0.1, 0.15) is 22.9 Å². The van der Waals surface area contributed by atoms with Crippen molar-refractivity contribution in [3.63, 3.8) is 0 Å². The largest absolute Gasteiger partial charge is 0.319 e. The third kappa shape index (κ3) is 1.64. The summed E-state index contributed by atoms with van der Waals surface area (Å²) in [5.74, 6) is 0. The molecule has 2 N–H and O–H groups in total. The standard InChI is InChI=1S/C9H10N4S/c1-6-2-3-11-4-7(6)9(10)8-5-12-14-13-8/h2-5,9H,10H2,1H3. The predicted molar refractivity (Wildman–Crippen MR) is 54.9 cm³/mol. The van der Waals surface area contributed by atoms with Crippen LogP contribution in [-0.4, -0.2) is 13.7 Å². The van der Waals surface area contributed by atoms with Gasteiger partial charge in [-0.1, -0.05) is 0 Å². The van der Waals surface area contributed by atoms with Gasteiger partial charge < -0.3 is 5.73 Å². The van der Waals surface area contributed by atoms with Gasteiger partial charge in [0.25, 0.3) is 0 Å². The predicted octanol–water partition coefficient (Wildman–Crippen LogP) is 1.29. The lowest BCUT2D eigenvalue weighted by Gasteiger charge is -2.10. The van der Waals surface area contributed by atoms with Crippen molar-refractivity contribution in [1.29, 1.82) is 0 Å². The van der Waals surface area contributed by atoms with Crippen molar-refractivity contribution in [1.82, 2.24) is 13.7 Å². The van der Waals surface area contributed by atoms with Crippen molar-refractivity contribution >= 4 is 11.7 Å². The molecule has 0 aliphatic heterocycles. The Morgan fingerprint density at radius 3 is 2.93 bits per heavy atom. The minimum absolute atomic E-state index is 0.220. The Balaban J connectivity index is 2.37. The maximum atomic E-state index is 6.03. The molecule has 2 rings (SSSR count). The number of hydrogen-bond acceptors (Lipinski definition) is 5. The van der Waals surface area contributed by atoms with Crippen LogP contribution in [0.3, 0.4) is 0 Å². The van der Waals surface area contributed by atoms with Crippen LogP contribution in [0, 0.1) is 6.92 Å². The Kier molecular flexibility index (Phi) is 2.51. The van der Waals surface area contributed by atoms with E-state index < -0.39 is 0 Å². The van der Waals surface area contributed by atoms with Gasteiger partial charge in [-0.25, -0.2) is 0 Å². The lowest BCUT2D eigenvalue weighted by Crippen LogP contribution is -2.13. The van der Waals surface area contributed by atoms with E-state index in [1.807, 2.05) is 13.0 Å². The summed E-state index contributed by atoms with van der Waals surface area (Å²) in [6.07, 6.45) is 5.23. The Morgan fingerprint density at radius 1 is 1.43 bits per heavy atom. The minimum atomic E-state index is -0.220. The van der Waals surface area contributed by atoms with Gasteiger partial charge in [-0.2, -0.15) is 8.75 Å². The molecule has 0 radical (unpaired) electrons. The quantitative estimate of drug-likeness (QED) is 0.804. The first-order valence-corrected chi connectivity index (χ1v) is 4.95. The topological polar surface area (TPSA) is 64.7 Å². The lowest BCUT2D eigenvalue weighted by molar-refractivity contribution is 0.828. The first-order chi connectivity index (χ1) is 6.79. The van der Waals surface area contributed by atoms with Gasteiger partial charge in [0.05, 0.1) is 29.7 Å². The SMILES string of the molecule is Cc1ccncc1C(N)c1cnsn1. The molecule has 0 aliphatic rings. The average molecular weight is 206 g/mol. The smallest absolute Gasteiger partial charge is 0.0956 e. The van der Waals surface area contributed by atoms with Gasteiger partial charge in [0.15, 0.2) is 0 Å². The number of pyridine rings is 1. The molecule has 4 nitrogen and oxygen atoms in total. The van der Waals surface area contributed by atoms with Gasteiger partial charge in [-0.3, -0.25) is 4.98 Å². The van der Waals surface area contributed by atoms with E-state index in [1.165, 1.54) is 11.7 Å².